The Hall–Kier alpha value is -0.715. The van der Waals surface area contributed by atoms with E-state index in [1.807, 2.05) is 0 Å². The Kier molecular flexibility index (Phi) is 11.9. The van der Waals surface area contributed by atoms with Crippen molar-refractivity contribution in [1.82, 2.24) is 4.90 Å². The van der Waals surface area contributed by atoms with E-state index in [1.54, 1.807) is 0 Å². The van der Waals surface area contributed by atoms with Crippen molar-refractivity contribution in [3.8, 4) is 0 Å². The van der Waals surface area contributed by atoms with Crippen molar-refractivity contribution in [3.63, 3.8) is 0 Å². The minimum atomic E-state index is 0. The second kappa shape index (κ2) is 6.76. The fourth-order valence-corrected chi connectivity index (χ4v) is 0.996. The van der Waals surface area contributed by atoms with E-state index < -0.39 is 0 Å². The number of hydrogen-bond donors (Lipinski definition) is 0. The monoisotopic (exact) mass is 205 g/mol. The summed E-state index contributed by atoms with van der Waals surface area (Å²) in [5.41, 5.74) is 0. The van der Waals surface area contributed by atoms with Crippen LogP contribution in [0.25, 0.3) is 0 Å². The summed E-state index contributed by atoms with van der Waals surface area (Å²) in [4.78, 5) is 2.22. The molecule has 0 spiro atoms. The maximum atomic E-state index is 2.22. The molecule has 0 radical (unpaired) electrons. The molecule has 82 valence electrons. The lowest BCUT2D eigenvalue weighted by Gasteiger charge is -2.31. The lowest BCUT2D eigenvalue weighted by atomic mass is 10.2. The Morgan fingerprint density at radius 1 is 1.23 bits per heavy atom. The molecule has 0 saturated carbocycles. The molecule has 2 nitrogen and oxygen atoms in total. The first kappa shape index (κ1) is 22.8. The molecule has 0 N–H and O–H groups in total. The van der Waals surface area contributed by atoms with Gasteiger partial charge in [0.05, 0.1) is 19.4 Å². The van der Waals surface area contributed by atoms with Crippen LogP contribution in [0.3, 0.4) is 0 Å². The van der Waals surface area contributed by atoms with Crippen molar-refractivity contribution in [2.24, 2.45) is 0 Å². The highest BCUT2D eigenvalue weighted by molar-refractivity contribution is 5.97. The minimum absolute atomic E-state index is 0. The average Bonchev–Trinajstić information content (AvgIpc) is 1.97. The number of halogens is 4. The first-order valence-corrected chi connectivity index (χ1v) is 3.29. The number of hydrogen-bond acceptors (Lipinski definition) is 1. The van der Waals surface area contributed by atoms with Gasteiger partial charge in [-0.25, -0.2) is 0 Å². The van der Waals surface area contributed by atoms with Gasteiger partial charge in [0.1, 0.15) is 6.17 Å². The second-order valence-corrected chi connectivity index (χ2v) is 3.22. The van der Waals surface area contributed by atoms with E-state index in [2.05, 4.69) is 46.3 Å². The van der Waals surface area contributed by atoms with Crippen LogP contribution in [0.15, 0.2) is 12.4 Å². The second-order valence-electron chi connectivity index (χ2n) is 3.22. The van der Waals surface area contributed by atoms with Gasteiger partial charge in [-0.2, -0.15) is 0 Å². The molecule has 2 atom stereocenters. The molecule has 0 bridgehead atoms. The molecule has 0 aliphatic carbocycles. The highest BCUT2D eigenvalue weighted by Gasteiger charge is 2.28. The predicted octanol–water partition coefficient (Wildman–Crippen LogP) is 0.354. The lowest BCUT2D eigenvalue weighted by Crippen LogP contribution is -2.45. The highest BCUT2D eigenvalue weighted by atomic mass is 19.0. The zero-order chi connectivity index (χ0) is 7.07. The topological polar surface area (TPSA) is 3.24 Å². The van der Waals surface area contributed by atoms with E-state index in [9.17, 15) is 0 Å². The average molecular weight is 205 g/mol. The number of quaternary nitrogens is 1. The van der Waals surface area contributed by atoms with E-state index in [0.717, 1.165) is 4.39 Å². The van der Waals surface area contributed by atoms with Crippen LogP contribution >= 0.6 is 0 Å². The minimum Gasteiger partial charge on any atom is -0.354 e. The molecule has 0 amide bonds. The molecule has 13 heavy (non-hydrogen) atoms. The van der Waals surface area contributed by atoms with E-state index in [4.69, 9.17) is 0 Å². The van der Waals surface area contributed by atoms with Gasteiger partial charge < -0.3 is 9.29 Å². The van der Waals surface area contributed by atoms with Crippen LogP contribution < -0.4 is 0 Å². The molecule has 0 fully saturated rings. The third-order valence-corrected chi connectivity index (χ3v) is 2.24. The van der Waals surface area contributed by atoms with Crippen LogP contribution in [-0.4, -0.2) is 37.5 Å². The molecule has 0 aromatic rings. The molecule has 0 saturated heterocycles. The van der Waals surface area contributed by atoms with Crippen molar-refractivity contribution in [3.05, 3.63) is 12.4 Å². The first-order valence-electron chi connectivity index (χ1n) is 3.29. The van der Waals surface area contributed by atoms with E-state index in [-0.39, 0.29) is 18.8 Å². The van der Waals surface area contributed by atoms with Gasteiger partial charge >= 0.3 is 7.98 Å². The summed E-state index contributed by atoms with van der Waals surface area (Å²) >= 11 is 0. The summed E-state index contributed by atoms with van der Waals surface area (Å²) in [7, 11) is 6.50. The van der Waals surface area contributed by atoms with Crippen molar-refractivity contribution in [2.75, 3.05) is 14.1 Å². The SMILES string of the molecule is B[N+]1(C)C=CN(C)C1C.F.F.F.F. The molecule has 1 aliphatic rings. The largest absolute Gasteiger partial charge is 0.379 e. The standard InChI is InChI=1S/C6H14BN2.4FH/c1-6-8(2)4-5-9(6,3)7;;;;/h4-6H,7H2,1-3H3;4*1H/q+1;;;;. The Bertz CT molecular complexity index is 154. The molecular formula is C6H18BF4N2+. The van der Waals surface area contributed by atoms with E-state index in [1.165, 1.54) is 0 Å². The molecule has 1 aliphatic heterocycles. The summed E-state index contributed by atoms with van der Waals surface area (Å²) in [5, 5.41) is 0. The summed E-state index contributed by atoms with van der Waals surface area (Å²) < 4.78 is 0.969. The maximum Gasteiger partial charge on any atom is 0.379 e. The fraction of sp³-hybridized carbons (Fsp3) is 0.667. The van der Waals surface area contributed by atoms with Crippen LogP contribution in [-0.2, 0) is 0 Å². The van der Waals surface area contributed by atoms with Crippen LogP contribution in [0.2, 0.25) is 0 Å². The lowest BCUT2D eigenvalue weighted by molar-refractivity contribution is -0.771. The van der Waals surface area contributed by atoms with Crippen LogP contribution in [0, 0.1) is 0 Å². The molecule has 7 heteroatoms. The predicted molar refractivity (Wildman–Crippen MR) is 51.1 cm³/mol. The molecule has 0 aromatic carbocycles. The van der Waals surface area contributed by atoms with E-state index >= 15 is 0 Å². The highest BCUT2D eigenvalue weighted by Crippen LogP contribution is 2.16. The third-order valence-electron chi connectivity index (χ3n) is 2.24. The Balaban J connectivity index is -0.000000101. The van der Waals surface area contributed by atoms with Crippen molar-refractivity contribution in [2.45, 2.75) is 13.1 Å². The number of nitrogens with zero attached hydrogens (tertiary/aromatic N) is 2. The normalized spacial score (nSPS) is 29.2. The van der Waals surface area contributed by atoms with Gasteiger partial charge in [0.2, 0.25) is 0 Å². The quantitative estimate of drug-likeness (QED) is 0.407. The first-order chi connectivity index (χ1) is 4.04. The van der Waals surface area contributed by atoms with Gasteiger partial charge in [-0.15, -0.1) is 0 Å². The smallest absolute Gasteiger partial charge is 0.354 e. The Labute approximate surface area is 76.7 Å². The summed E-state index contributed by atoms with van der Waals surface area (Å²) in [6, 6.07) is 0. The molecule has 2 unspecified atom stereocenters. The zero-order valence-corrected chi connectivity index (χ0v) is 8.26. The van der Waals surface area contributed by atoms with Gasteiger partial charge in [-0.05, 0) is 0 Å². The van der Waals surface area contributed by atoms with Crippen LogP contribution in [0.5, 0.6) is 0 Å². The van der Waals surface area contributed by atoms with Crippen LogP contribution in [0.4, 0.5) is 18.8 Å². The van der Waals surface area contributed by atoms with Gasteiger partial charge in [0.15, 0.2) is 0 Å². The maximum absolute atomic E-state index is 2.22. The summed E-state index contributed by atoms with van der Waals surface area (Å²) in [6.45, 7) is 2.22. The molecule has 1 heterocycles. The zero-order valence-electron chi connectivity index (χ0n) is 8.26. The summed E-state index contributed by atoms with van der Waals surface area (Å²) in [5.74, 6) is 0. The Morgan fingerprint density at radius 2 is 1.62 bits per heavy atom. The van der Waals surface area contributed by atoms with Crippen molar-refractivity contribution in [1.29, 1.82) is 0 Å². The van der Waals surface area contributed by atoms with Gasteiger partial charge in [0.25, 0.3) is 0 Å². The van der Waals surface area contributed by atoms with E-state index in [0.29, 0.717) is 6.17 Å². The van der Waals surface area contributed by atoms with Crippen molar-refractivity contribution >= 4 is 7.98 Å². The Morgan fingerprint density at radius 3 is 1.69 bits per heavy atom. The number of rotatable bonds is 0. The van der Waals surface area contributed by atoms with Crippen molar-refractivity contribution < 1.29 is 23.2 Å². The third kappa shape index (κ3) is 4.16. The molecule has 0 aromatic heterocycles. The summed E-state index contributed by atoms with van der Waals surface area (Å²) in [6.07, 6.45) is 4.92. The van der Waals surface area contributed by atoms with Crippen LogP contribution in [0.1, 0.15) is 6.92 Å². The molecule has 1 rings (SSSR count). The fourth-order valence-electron chi connectivity index (χ4n) is 0.996. The van der Waals surface area contributed by atoms with Gasteiger partial charge in [-0.1, -0.05) is 0 Å². The van der Waals surface area contributed by atoms with Gasteiger partial charge in [-0.3, -0.25) is 18.8 Å². The molecular weight excluding hydrogens is 187 g/mol. The van der Waals surface area contributed by atoms with Gasteiger partial charge in [0, 0.05) is 14.0 Å².